The largest absolute Gasteiger partial charge is 0.350 e. The molecule has 0 saturated carbocycles. The molecule has 31 heavy (non-hydrogen) atoms. The average molecular weight is 431 g/mol. The lowest BCUT2D eigenvalue weighted by Crippen LogP contribution is -2.36. The van der Waals surface area contributed by atoms with Crippen LogP contribution in [0.5, 0.6) is 0 Å². The highest BCUT2D eigenvalue weighted by Gasteiger charge is 2.26. The smallest absolute Gasteiger partial charge is 0.251 e. The van der Waals surface area contributed by atoms with Crippen molar-refractivity contribution in [3.63, 3.8) is 0 Å². The van der Waals surface area contributed by atoms with Gasteiger partial charge in [0.15, 0.2) is 0 Å². The van der Waals surface area contributed by atoms with Crippen molar-refractivity contribution >= 4 is 29.3 Å². The van der Waals surface area contributed by atoms with Crippen molar-refractivity contribution in [1.82, 2.24) is 5.32 Å². The van der Waals surface area contributed by atoms with E-state index in [9.17, 15) is 9.59 Å². The first-order chi connectivity index (χ1) is 15.1. The summed E-state index contributed by atoms with van der Waals surface area (Å²) in [6, 6.07) is 25.9. The van der Waals surface area contributed by atoms with Crippen LogP contribution in [-0.2, 0) is 17.8 Å². The Morgan fingerprint density at radius 1 is 1.00 bits per heavy atom. The Hall–Kier alpha value is -3.05. The van der Waals surface area contributed by atoms with Gasteiger partial charge in [-0.25, -0.2) is 0 Å². The third-order valence-corrected chi connectivity index (χ3v) is 6.48. The van der Waals surface area contributed by atoms with Crippen LogP contribution in [0.2, 0.25) is 0 Å². The fourth-order valence-corrected chi connectivity index (χ4v) is 4.61. The lowest BCUT2D eigenvalue weighted by Gasteiger charge is -2.29. The van der Waals surface area contributed by atoms with E-state index in [2.05, 4.69) is 17.4 Å². The number of aryl methyl sites for hydroxylation is 1. The Bertz CT molecular complexity index is 1050. The second kappa shape index (κ2) is 9.84. The Morgan fingerprint density at radius 3 is 2.39 bits per heavy atom. The van der Waals surface area contributed by atoms with Gasteiger partial charge in [0.2, 0.25) is 5.91 Å². The number of carbonyl (C=O) groups excluding carboxylic acids is 2. The second-order valence-corrected chi connectivity index (χ2v) is 8.85. The van der Waals surface area contributed by atoms with Gasteiger partial charge in [0, 0.05) is 16.5 Å². The lowest BCUT2D eigenvalue weighted by atomic mass is 10.1. The molecule has 1 aliphatic heterocycles. The molecule has 0 radical (unpaired) electrons. The topological polar surface area (TPSA) is 49.4 Å². The van der Waals surface area contributed by atoms with Crippen LogP contribution in [0.4, 0.5) is 5.69 Å². The number of benzene rings is 3. The zero-order valence-corrected chi connectivity index (χ0v) is 18.4. The first-order valence-electron chi connectivity index (χ1n) is 10.6. The molecular weight excluding hydrogens is 404 g/mol. The number of thioether (sulfide) groups is 1. The van der Waals surface area contributed by atoms with Gasteiger partial charge in [0.1, 0.15) is 0 Å². The summed E-state index contributed by atoms with van der Waals surface area (Å²) in [4.78, 5) is 28.3. The molecule has 0 saturated heterocycles. The Balaban J connectivity index is 1.46. The molecule has 1 atom stereocenters. The molecule has 1 N–H and O–H groups in total. The summed E-state index contributed by atoms with van der Waals surface area (Å²) in [5, 5.41) is 3.10. The summed E-state index contributed by atoms with van der Waals surface area (Å²) in [5.74, 6) is 0.378. The van der Waals surface area contributed by atoms with Gasteiger partial charge < -0.3 is 10.2 Å². The van der Waals surface area contributed by atoms with Crippen molar-refractivity contribution in [1.29, 1.82) is 0 Å². The number of anilines is 1. The van der Waals surface area contributed by atoms with E-state index in [1.165, 1.54) is 17.3 Å². The minimum atomic E-state index is -0.106. The molecule has 1 aliphatic rings. The molecule has 2 amide bonds. The zero-order valence-electron chi connectivity index (χ0n) is 17.6. The number of hydrogen-bond acceptors (Lipinski definition) is 3. The molecule has 1 unspecified atom stereocenters. The van der Waals surface area contributed by atoms with Gasteiger partial charge >= 0.3 is 0 Å². The summed E-state index contributed by atoms with van der Waals surface area (Å²) in [6.07, 6.45) is 1.79. The maximum absolute atomic E-state index is 12.9. The molecule has 0 aromatic heterocycles. The predicted molar refractivity (Wildman–Crippen MR) is 126 cm³/mol. The number of carbonyl (C=O) groups is 2. The minimum absolute atomic E-state index is 0.0557. The van der Waals surface area contributed by atoms with E-state index in [1.807, 2.05) is 73.7 Å². The molecule has 0 fully saturated rings. The predicted octanol–water partition coefficient (Wildman–Crippen LogP) is 5.08. The highest BCUT2D eigenvalue weighted by atomic mass is 32.2. The van der Waals surface area contributed by atoms with Crippen LogP contribution in [0.3, 0.4) is 0 Å². The molecule has 3 aromatic rings. The normalized spacial score (nSPS) is 14.1. The number of amides is 2. The summed E-state index contributed by atoms with van der Waals surface area (Å²) in [5.41, 5.74) is 3.73. The van der Waals surface area contributed by atoms with Crippen molar-refractivity contribution < 1.29 is 9.59 Å². The van der Waals surface area contributed by atoms with E-state index < -0.39 is 0 Å². The number of rotatable bonds is 7. The molecule has 4 nitrogen and oxygen atoms in total. The Labute approximate surface area is 187 Å². The molecule has 0 spiro atoms. The lowest BCUT2D eigenvalue weighted by molar-refractivity contribution is -0.116. The van der Waals surface area contributed by atoms with E-state index >= 15 is 0 Å². The van der Waals surface area contributed by atoms with Gasteiger partial charge in [-0.15, -0.1) is 11.8 Å². The standard InChI is InChI=1S/C26H26N2O2S/c1-19(12-13-20-8-4-2-5-9-20)27-26(30)22-14-15-24-23(16-22)28(25(29)18-31-24)17-21-10-6-3-7-11-21/h2-11,14-16,19H,12-13,17-18H2,1H3,(H,27,30). The van der Waals surface area contributed by atoms with Gasteiger partial charge in [-0.1, -0.05) is 60.7 Å². The monoisotopic (exact) mass is 430 g/mol. The number of nitrogens with zero attached hydrogens (tertiary/aromatic N) is 1. The number of fused-ring (bicyclic) bond motifs is 1. The van der Waals surface area contributed by atoms with Crippen LogP contribution in [0.25, 0.3) is 0 Å². The summed E-state index contributed by atoms with van der Waals surface area (Å²) in [7, 11) is 0. The van der Waals surface area contributed by atoms with Gasteiger partial charge in [-0.3, -0.25) is 9.59 Å². The van der Waals surface area contributed by atoms with E-state index in [1.54, 1.807) is 4.90 Å². The highest BCUT2D eigenvalue weighted by molar-refractivity contribution is 8.00. The van der Waals surface area contributed by atoms with Crippen molar-refractivity contribution in [3.8, 4) is 0 Å². The van der Waals surface area contributed by atoms with E-state index in [4.69, 9.17) is 0 Å². The van der Waals surface area contributed by atoms with Crippen LogP contribution >= 0.6 is 11.8 Å². The molecular formula is C26H26N2O2S. The zero-order chi connectivity index (χ0) is 21.6. The van der Waals surface area contributed by atoms with Crippen molar-refractivity contribution in [2.45, 2.75) is 37.2 Å². The summed E-state index contributed by atoms with van der Waals surface area (Å²) < 4.78 is 0. The van der Waals surface area contributed by atoms with Gasteiger partial charge in [-0.2, -0.15) is 0 Å². The third kappa shape index (κ3) is 5.36. The Morgan fingerprint density at radius 2 is 1.68 bits per heavy atom. The molecule has 1 heterocycles. The quantitative estimate of drug-likeness (QED) is 0.569. The first kappa shape index (κ1) is 21.2. The van der Waals surface area contributed by atoms with Crippen LogP contribution in [-0.4, -0.2) is 23.6 Å². The van der Waals surface area contributed by atoms with Crippen molar-refractivity contribution in [2.24, 2.45) is 0 Å². The molecule has 158 valence electrons. The first-order valence-corrected chi connectivity index (χ1v) is 11.5. The van der Waals surface area contributed by atoms with Crippen LogP contribution in [0.1, 0.15) is 34.8 Å². The van der Waals surface area contributed by atoms with Gasteiger partial charge in [-0.05, 0) is 49.1 Å². The fraction of sp³-hybridized carbons (Fsp3) is 0.231. The van der Waals surface area contributed by atoms with E-state index in [0.29, 0.717) is 17.9 Å². The fourth-order valence-electron chi connectivity index (χ4n) is 3.69. The maximum atomic E-state index is 12.9. The highest BCUT2D eigenvalue weighted by Crippen LogP contribution is 2.36. The summed E-state index contributed by atoms with van der Waals surface area (Å²) in [6.45, 7) is 2.53. The van der Waals surface area contributed by atoms with E-state index in [0.717, 1.165) is 29.0 Å². The maximum Gasteiger partial charge on any atom is 0.251 e. The van der Waals surface area contributed by atoms with Gasteiger partial charge in [0.25, 0.3) is 5.91 Å². The van der Waals surface area contributed by atoms with Crippen LogP contribution in [0, 0.1) is 0 Å². The molecule has 3 aromatic carbocycles. The second-order valence-electron chi connectivity index (χ2n) is 7.84. The average Bonchev–Trinajstić information content (AvgIpc) is 2.80. The minimum Gasteiger partial charge on any atom is -0.350 e. The van der Waals surface area contributed by atoms with Crippen LogP contribution < -0.4 is 10.2 Å². The van der Waals surface area contributed by atoms with Crippen molar-refractivity contribution in [2.75, 3.05) is 10.7 Å². The van der Waals surface area contributed by atoms with Gasteiger partial charge in [0.05, 0.1) is 18.0 Å². The van der Waals surface area contributed by atoms with Crippen LogP contribution in [0.15, 0.2) is 83.8 Å². The number of hydrogen-bond donors (Lipinski definition) is 1. The molecule has 4 rings (SSSR count). The van der Waals surface area contributed by atoms with Crippen molar-refractivity contribution in [3.05, 3.63) is 95.6 Å². The molecule has 5 heteroatoms. The van der Waals surface area contributed by atoms with E-state index in [-0.39, 0.29) is 17.9 Å². The molecule has 0 aliphatic carbocycles. The summed E-state index contributed by atoms with van der Waals surface area (Å²) >= 11 is 1.53. The molecule has 0 bridgehead atoms. The number of nitrogens with one attached hydrogen (secondary N) is 1. The Kier molecular flexibility index (Phi) is 6.73. The SMILES string of the molecule is CC(CCc1ccccc1)NC(=O)c1ccc2c(c1)N(Cc1ccccc1)C(=O)CS2. The third-order valence-electron chi connectivity index (χ3n) is 5.43.